The van der Waals surface area contributed by atoms with Gasteiger partial charge in [0.25, 0.3) is 0 Å². The molecule has 7 aromatic rings. The highest BCUT2D eigenvalue weighted by Gasteiger charge is 2.30. The number of aromatic nitrogens is 4. The van der Waals surface area contributed by atoms with E-state index >= 15 is 0 Å². The Morgan fingerprint density at radius 1 is 0.727 bits per heavy atom. The smallest absolute Gasteiger partial charge is 0.137 e. The Morgan fingerprint density at radius 3 is 2.27 bits per heavy atom. The summed E-state index contributed by atoms with van der Waals surface area (Å²) in [6, 6.07) is 37.7. The van der Waals surface area contributed by atoms with Crippen molar-refractivity contribution < 1.29 is 4.74 Å². The minimum absolute atomic E-state index is 0.0917. The molecule has 0 aliphatic carbocycles. The Balaban J connectivity index is 1.32. The van der Waals surface area contributed by atoms with Crippen LogP contribution in [0.15, 0.2) is 115 Å². The van der Waals surface area contributed by atoms with Crippen molar-refractivity contribution in [1.82, 2.24) is 19.3 Å². The molecule has 0 saturated heterocycles. The average Bonchev–Trinajstić information content (AvgIpc) is 3.57. The minimum atomic E-state index is -0.0917. The van der Waals surface area contributed by atoms with Gasteiger partial charge in [-0.3, -0.25) is 4.57 Å². The van der Waals surface area contributed by atoms with Crippen LogP contribution in [0.2, 0.25) is 0 Å². The Hall–Kier alpha value is -5.16. The summed E-state index contributed by atoms with van der Waals surface area (Å²) in [5.74, 6) is 2.42. The first-order valence-electron chi connectivity index (χ1n) is 15.2. The first kappa shape index (κ1) is 27.7. The molecular weight excluding hydrogens is 540 g/mol. The predicted octanol–water partition coefficient (Wildman–Crippen LogP) is 10.1. The molecule has 7 rings (SSSR count). The Bertz CT molecular complexity index is 2140. The molecule has 0 aliphatic heterocycles. The molecule has 218 valence electrons. The Morgan fingerprint density at radius 2 is 1.48 bits per heavy atom. The quantitative estimate of drug-likeness (QED) is 0.190. The second kappa shape index (κ2) is 10.8. The maximum atomic E-state index is 6.56. The van der Waals surface area contributed by atoms with Gasteiger partial charge in [-0.1, -0.05) is 75.4 Å². The second-order valence-electron chi connectivity index (χ2n) is 12.1. The zero-order valence-corrected chi connectivity index (χ0v) is 25.9. The van der Waals surface area contributed by atoms with Gasteiger partial charge in [0, 0.05) is 40.1 Å². The van der Waals surface area contributed by atoms with Gasteiger partial charge in [0.15, 0.2) is 0 Å². The average molecular weight is 577 g/mol. The lowest BCUT2D eigenvalue weighted by Gasteiger charge is -2.26. The van der Waals surface area contributed by atoms with E-state index in [9.17, 15) is 0 Å². The van der Waals surface area contributed by atoms with Gasteiger partial charge in [-0.2, -0.15) is 5.10 Å². The molecular formula is C39H36N4O. The van der Waals surface area contributed by atoms with Crippen molar-refractivity contribution in [2.75, 3.05) is 0 Å². The summed E-state index contributed by atoms with van der Waals surface area (Å²) in [5.41, 5.74) is 8.84. The van der Waals surface area contributed by atoms with E-state index in [0.717, 1.165) is 51.5 Å². The molecule has 0 fully saturated rings. The molecule has 3 heterocycles. The van der Waals surface area contributed by atoms with Gasteiger partial charge in [0.2, 0.25) is 0 Å². The van der Waals surface area contributed by atoms with Crippen molar-refractivity contribution in [3.63, 3.8) is 0 Å². The van der Waals surface area contributed by atoms with Gasteiger partial charge in [0.1, 0.15) is 17.3 Å². The monoisotopic (exact) mass is 576 g/mol. The van der Waals surface area contributed by atoms with Crippen LogP contribution in [0.3, 0.4) is 0 Å². The van der Waals surface area contributed by atoms with Crippen LogP contribution < -0.4 is 4.74 Å². The van der Waals surface area contributed by atoms with Crippen LogP contribution in [0.5, 0.6) is 11.5 Å². The van der Waals surface area contributed by atoms with Crippen LogP contribution in [0.4, 0.5) is 0 Å². The van der Waals surface area contributed by atoms with Gasteiger partial charge < -0.3 is 4.74 Å². The van der Waals surface area contributed by atoms with Crippen molar-refractivity contribution in [1.29, 1.82) is 0 Å². The summed E-state index contributed by atoms with van der Waals surface area (Å²) in [5, 5.41) is 7.44. The SMILES string of the molecule is CCC(C)(C)c1c(-c2ccccc2)c(C)nn1-c1cccc(Oc2ccc3c4ccccc4n(-c4cc(C)ccn4)c3c2)c1. The lowest BCUT2D eigenvalue weighted by atomic mass is 9.82. The van der Waals surface area contributed by atoms with Crippen LogP contribution in [0.1, 0.15) is 44.1 Å². The molecule has 0 unspecified atom stereocenters. The molecule has 5 heteroatoms. The number of para-hydroxylation sites is 1. The molecule has 3 aromatic heterocycles. The molecule has 0 saturated carbocycles. The molecule has 0 amide bonds. The van der Waals surface area contributed by atoms with E-state index in [1.54, 1.807) is 0 Å². The first-order valence-corrected chi connectivity index (χ1v) is 15.2. The molecule has 4 aromatic carbocycles. The van der Waals surface area contributed by atoms with Crippen LogP contribution in [0, 0.1) is 13.8 Å². The molecule has 0 atom stereocenters. The first-order chi connectivity index (χ1) is 21.3. The standard InChI is InChI=1S/C39H36N4O/c1-6-39(4,5)38-37(28-13-8-7-9-14-28)27(3)41-43(38)29-15-12-16-30(24-29)44-31-19-20-33-32-17-10-11-18-34(32)42(35(33)25-31)36-23-26(2)21-22-40-36/h7-25H,6H2,1-5H3. The van der Waals surface area contributed by atoms with Crippen molar-refractivity contribution >= 4 is 21.8 Å². The van der Waals surface area contributed by atoms with E-state index in [0.29, 0.717) is 0 Å². The molecule has 0 radical (unpaired) electrons. The topological polar surface area (TPSA) is 44.9 Å². The van der Waals surface area contributed by atoms with E-state index in [1.807, 2.05) is 30.5 Å². The summed E-state index contributed by atoms with van der Waals surface area (Å²) in [7, 11) is 0. The number of benzene rings is 4. The number of pyridine rings is 1. The van der Waals surface area contributed by atoms with Gasteiger partial charge in [0.05, 0.1) is 28.1 Å². The highest BCUT2D eigenvalue weighted by atomic mass is 16.5. The van der Waals surface area contributed by atoms with Gasteiger partial charge in [-0.15, -0.1) is 0 Å². The third-order valence-electron chi connectivity index (χ3n) is 8.72. The number of ether oxygens (including phenoxy) is 1. The van der Waals surface area contributed by atoms with Gasteiger partial charge in [-0.25, -0.2) is 9.67 Å². The van der Waals surface area contributed by atoms with Crippen LogP contribution >= 0.6 is 0 Å². The zero-order valence-electron chi connectivity index (χ0n) is 25.9. The van der Waals surface area contributed by atoms with Crippen molar-refractivity contribution in [2.24, 2.45) is 0 Å². The number of rotatable bonds is 7. The van der Waals surface area contributed by atoms with Gasteiger partial charge in [-0.05, 0) is 73.9 Å². The molecule has 0 bridgehead atoms. The lowest BCUT2D eigenvalue weighted by Crippen LogP contribution is -2.21. The van der Waals surface area contributed by atoms with Crippen LogP contribution in [-0.2, 0) is 5.41 Å². The summed E-state index contributed by atoms with van der Waals surface area (Å²) in [6.07, 6.45) is 2.85. The van der Waals surface area contributed by atoms with Crippen LogP contribution in [-0.4, -0.2) is 19.3 Å². The van der Waals surface area contributed by atoms with E-state index in [4.69, 9.17) is 14.8 Å². The Labute approximate surface area is 258 Å². The molecule has 0 N–H and O–H groups in total. The summed E-state index contributed by atoms with van der Waals surface area (Å²) < 4.78 is 10.9. The third-order valence-corrected chi connectivity index (χ3v) is 8.72. The maximum Gasteiger partial charge on any atom is 0.137 e. The highest BCUT2D eigenvalue weighted by molar-refractivity contribution is 6.09. The summed E-state index contributed by atoms with van der Waals surface area (Å²) in [4.78, 5) is 4.72. The van der Waals surface area contributed by atoms with Crippen molar-refractivity contribution in [3.8, 4) is 34.1 Å². The number of hydrogen-bond donors (Lipinski definition) is 0. The zero-order chi connectivity index (χ0) is 30.4. The van der Waals surface area contributed by atoms with Crippen LogP contribution in [0.25, 0.3) is 44.4 Å². The van der Waals surface area contributed by atoms with E-state index in [-0.39, 0.29) is 5.41 Å². The highest BCUT2D eigenvalue weighted by Crippen LogP contribution is 2.40. The number of hydrogen-bond acceptors (Lipinski definition) is 3. The van der Waals surface area contributed by atoms with E-state index in [2.05, 4.69) is 129 Å². The molecule has 0 aliphatic rings. The fraction of sp³-hybridized carbons (Fsp3) is 0.179. The summed E-state index contributed by atoms with van der Waals surface area (Å²) >= 11 is 0. The maximum absolute atomic E-state index is 6.56. The summed E-state index contributed by atoms with van der Waals surface area (Å²) in [6.45, 7) is 11.0. The predicted molar refractivity (Wildman–Crippen MR) is 180 cm³/mol. The lowest BCUT2D eigenvalue weighted by molar-refractivity contribution is 0.471. The fourth-order valence-corrected chi connectivity index (χ4v) is 6.18. The number of nitrogens with zero attached hydrogens (tertiary/aromatic N) is 4. The second-order valence-corrected chi connectivity index (χ2v) is 12.1. The van der Waals surface area contributed by atoms with E-state index in [1.165, 1.54) is 27.8 Å². The van der Waals surface area contributed by atoms with Crippen molar-refractivity contribution in [2.45, 2.75) is 46.5 Å². The third kappa shape index (κ3) is 4.75. The fourth-order valence-electron chi connectivity index (χ4n) is 6.18. The normalized spacial score (nSPS) is 11.8. The number of aryl methyl sites for hydroxylation is 2. The molecule has 0 spiro atoms. The Kier molecular flexibility index (Phi) is 6.81. The minimum Gasteiger partial charge on any atom is -0.457 e. The van der Waals surface area contributed by atoms with E-state index < -0.39 is 0 Å². The number of fused-ring (bicyclic) bond motifs is 3. The molecule has 5 nitrogen and oxygen atoms in total. The largest absolute Gasteiger partial charge is 0.457 e. The van der Waals surface area contributed by atoms with Crippen molar-refractivity contribution in [3.05, 3.63) is 132 Å². The van der Waals surface area contributed by atoms with Gasteiger partial charge >= 0.3 is 0 Å². The molecule has 44 heavy (non-hydrogen) atoms.